The Labute approximate surface area is 133 Å². The third-order valence-electron chi connectivity index (χ3n) is 4.34. The summed E-state index contributed by atoms with van der Waals surface area (Å²) < 4.78 is 32.9. The van der Waals surface area contributed by atoms with Gasteiger partial charge in [-0.2, -0.15) is 0 Å². The van der Waals surface area contributed by atoms with Crippen molar-refractivity contribution in [3.05, 3.63) is 28.8 Å². The van der Waals surface area contributed by atoms with Gasteiger partial charge in [0.25, 0.3) is 0 Å². The van der Waals surface area contributed by atoms with Crippen LogP contribution in [0.4, 0.5) is 0 Å². The SMILES string of the molecule is Cc1ccc(S(=O)(=O)NCCCN2CCOCC2)c(C)c1C. The van der Waals surface area contributed by atoms with E-state index in [0.717, 1.165) is 56.0 Å². The minimum atomic E-state index is -3.43. The molecule has 0 bridgehead atoms. The second-order valence-electron chi connectivity index (χ2n) is 5.84. The lowest BCUT2D eigenvalue weighted by Crippen LogP contribution is -2.38. The van der Waals surface area contributed by atoms with Gasteiger partial charge in [-0.3, -0.25) is 4.90 Å². The van der Waals surface area contributed by atoms with E-state index in [1.807, 2.05) is 26.8 Å². The van der Waals surface area contributed by atoms with E-state index in [-0.39, 0.29) is 0 Å². The van der Waals surface area contributed by atoms with Crippen molar-refractivity contribution in [1.29, 1.82) is 0 Å². The Morgan fingerprint density at radius 3 is 2.50 bits per heavy atom. The Morgan fingerprint density at radius 1 is 1.14 bits per heavy atom. The summed E-state index contributed by atoms with van der Waals surface area (Å²) >= 11 is 0. The van der Waals surface area contributed by atoms with Gasteiger partial charge in [0.15, 0.2) is 0 Å². The number of morpholine rings is 1. The summed E-state index contributed by atoms with van der Waals surface area (Å²) in [6.07, 6.45) is 0.809. The summed E-state index contributed by atoms with van der Waals surface area (Å²) in [4.78, 5) is 2.70. The molecule has 1 heterocycles. The first-order valence-corrected chi connectivity index (χ1v) is 9.27. The van der Waals surface area contributed by atoms with Crippen molar-refractivity contribution < 1.29 is 13.2 Å². The van der Waals surface area contributed by atoms with Gasteiger partial charge >= 0.3 is 0 Å². The average Bonchev–Trinajstić information content (AvgIpc) is 2.50. The quantitative estimate of drug-likeness (QED) is 0.807. The first kappa shape index (κ1) is 17.4. The number of rotatable bonds is 6. The van der Waals surface area contributed by atoms with Gasteiger partial charge in [-0.05, 0) is 56.5 Å². The molecule has 0 amide bonds. The second kappa shape index (κ2) is 7.55. The minimum Gasteiger partial charge on any atom is -0.379 e. The number of hydrogen-bond acceptors (Lipinski definition) is 4. The fourth-order valence-corrected chi connectivity index (χ4v) is 4.01. The Hall–Kier alpha value is -0.950. The number of hydrogen-bond donors (Lipinski definition) is 1. The molecule has 1 aromatic carbocycles. The minimum absolute atomic E-state index is 0.391. The summed E-state index contributed by atoms with van der Waals surface area (Å²) in [5.74, 6) is 0. The molecule has 1 aliphatic heterocycles. The van der Waals surface area contributed by atoms with Crippen LogP contribution in [0.15, 0.2) is 17.0 Å². The van der Waals surface area contributed by atoms with Crippen molar-refractivity contribution in [3.8, 4) is 0 Å². The third-order valence-corrected chi connectivity index (χ3v) is 5.95. The molecule has 0 saturated carbocycles. The molecule has 2 rings (SSSR count). The van der Waals surface area contributed by atoms with E-state index in [4.69, 9.17) is 4.74 Å². The van der Waals surface area contributed by atoms with E-state index in [2.05, 4.69) is 9.62 Å². The van der Waals surface area contributed by atoms with Crippen LogP contribution in [-0.2, 0) is 14.8 Å². The molecule has 1 fully saturated rings. The molecule has 0 unspecified atom stereocenters. The van der Waals surface area contributed by atoms with Crippen LogP contribution in [0.5, 0.6) is 0 Å². The van der Waals surface area contributed by atoms with Gasteiger partial charge in [0.05, 0.1) is 18.1 Å². The van der Waals surface area contributed by atoms with Crippen LogP contribution in [-0.4, -0.2) is 52.7 Å². The second-order valence-corrected chi connectivity index (χ2v) is 7.57. The van der Waals surface area contributed by atoms with Crippen LogP contribution < -0.4 is 4.72 Å². The maximum Gasteiger partial charge on any atom is 0.240 e. The summed E-state index contributed by atoms with van der Waals surface area (Å²) in [6.45, 7) is 10.6. The van der Waals surface area contributed by atoms with Gasteiger partial charge in [0.2, 0.25) is 10.0 Å². The van der Waals surface area contributed by atoms with Crippen molar-refractivity contribution in [2.75, 3.05) is 39.4 Å². The molecule has 0 atom stereocenters. The molecule has 1 aromatic rings. The topological polar surface area (TPSA) is 58.6 Å². The Morgan fingerprint density at radius 2 is 1.82 bits per heavy atom. The lowest BCUT2D eigenvalue weighted by Gasteiger charge is -2.26. The van der Waals surface area contributed by atoms with Gasteiger partial charge < -0.3 is 4.74 Å². The van der Waals surface area contributed by atoms with Crippen LogP contribution in [0, 0.1) is 20.8 Å². The van der Waals surface area contributed by atoms with Gasteiger partial charge in [0.1, 0.15) is 0 Å². The Bertz CT molecular complexity index is 608. The lowest BCUT2D eigenvalue weighted by molar-refractivity contribution is 0.0376. The molecule has 1 saturated heterocycles. The summed E-state index contributed by atoms with van der Waals surface area (Å²) in [5, 5.41) is 0. The van der Waals surface area contributed by atoms with E-state index in [0.29, 0.717) is 11.4 Å². The third kappa shape index (κ3) is 4.29. The molecule has 0 radical (unpaired) electrons. The van der Waals surface area contributed by atoms with Crippen LogP contribution in [0.25, 0.3) is 0 Å². The molecule has 1 aliphatic rings. The van der Waals surface area contributed by atoms with Gasteiger partial charge in [-0.15, -0.1) is 0 Å². The first-order valence-electron chi connectivity index (χ1n) is 7.78. The highest BCUT2D eigenvalue weighted by Gasteiger charge is 2.18. The number of ether oxygens (including phenoxy) is 1. The van der Waals surface area contributed by atoms with Gasteiger partial charge in [0, 0.05) is 19.6 Å². The largest absolute Gasteiger partial charge is 0.379 e. The van der Waals surface area contributed by atoms with Crippen LogP contribution in [0.1, 0.15) is 23.1 Å². The summed E-state index contributed by atoms with van der Waals surface area (Å²) in [7, 11) is -3.43. The number of nitrogens with zero attached hydrogens (tertiary/aromatic N) is 1. The number of sulfonamides is 1. The average molecular weight is 326 g/mol. The fourth-order valence-electron chi connectivity index (χ4n) is 2.63. The summed E-state index contributed by atoms with van der Waals surface area (Å²) in [5.41, 5.74) is 2.99. The van der Waals surface area contributed by atoms with Crippen LogP contribution >= 0.6 is 0 Å². The van der Waals surface area contributed by atoms with E-state index in [9.17, 15) is 8.42 Å². The molecule has 0 aromatic heterocycles. The fraction of sp³-hybridized carbons (Fsp3) is 0.625. The zero-order chi connectivity index (χ0) is 16.2. The molecule has 0 aliphatic carbocycles. The van der Waals surface area contributed by atoms with Crippen LogP contribution in [0.2, 0.25) is 0 Å². The Kier molecular flexibility index (Phi) is 5.97. The zero-order valence-corrected chi connectivity index (χ0v) is 14.5. The van der Waals surface area contributed by atoms with Crippen molar-refractivity contribution in [2.24, 2.45) is 0 Å². The molecule has 124 valence electrons. The van der Waals surface area contributed by atoms with E-state index in [1.54, 1.807) is 6.07 Å². The number of aryl methyl sites for hydroxylation is 1. The van der Waals surface area contributed by atoms with Crippen molar-refractivity contribution in [3.63, 3.8) is 0 Å². The molecular formula is C16H26N2O3S. The van der Waals surface area contributed by atoms with Crippen LogP contribution in [0.3, 0.4) is 0 Å². The number of benzene rings is 1. The predicted octanol–water partition coefficient (Wildman–Crippen LogP) is 1.61. The summed E-state index contributed by atoms with van der Waals surface area (Å²) in [6, 6.07) is 3.56. The molecule has 6 heteroatoms. The molecule has 5 nitrogen and oxygen atoms in total. The number of nitrogens with one attached hydrogen (secondary N) is 1. The van der Waals surface area contributed by atoms with E-state index >= 15 is 0 Å². The maximum atomic E-state index is 12.4. The standard InChI is InChI=1S/C16H26N2O3S/c1-13-5-6-16(15(3)14(13)2)22(19,20)17-7-4-8-18-9-11-21-12-10-18/h5-6,17H,4,7-12H2,1-3H3. The lowest BCUT2D eigenvalue weighted by atomic mass is 10.1. The maximum absolute atomic E-state index is 12.4. The Balaban J connectivity index is 1.90. The first-order chi connectivity index (χ1) is 10.4. The zero-order valence-electron chi connectivity index (χ0n) is 13.7. The normalized spacial score (nSPS) is 16.9. The molecular weight excluding hydrogens is 300 g/mol. The van der Waals surface area contributed by atoms with Gasteiger partial charge in [-0.25, -0.2) is 13.1 Å². The highest BCUT2D eigenvalue weighted by atomic mass is 32.2. The molecule has 0 spiro atoms. The van der Waals surface area contributed by atoms with E-state index < -0.39 is 10.0 Å². The van der Waals surface area contributed by atoms with E-state index in [1.165, 1.54) is 0 Å². The monoisotopic (exact) mass is 326 g/mol. The van der Waals surface area contributed by atoms with Gasteiger partial charge in [-0.1, -0.05) is 6.07 Å². The highest BCUT2D eigenvalue weighted by Crippen LogP contribution is 2.21. The molecule has 22 heavy (non-hydrogen) atoms. The molecule has 1 N–H and O–H groups in total. The van der Waals surface area contributed by atoms with Crippen molar-refractivity contribution in [1.82, 2.24) is 9.62 Å². The smallest absolute Gasteiger partial charge is 0.240 e. The highest BCUT2D eigenvalue weighted by molar-refractivity contribution is 7.89. The van der Waals surface area contributed by atoms with Crippen molar-refractivity contribution in [2.45, 2.75) is 32.1 Å². The van der Waals surface area contributed by atoms with Crippen molar-refractivity contribution >= 4 is 10.0 Å². The predicted molar refractivity (Wildman–Crippen MR) is 87.7 cm³/mol.